The van der Waals surface area contributed by atoms with Crippen LogP contribution in [0.5, 0.6) is 0 Å². The molecule has 6 nitrogen and oxygen atoms in total. The van der Waals surface area contributed by atoms with Crippen LogP contribution < -0.4 is 10.6 Å². The Labute approximate surface area is 185 Å². The Morgan fingerprint density at radius 3 is 2.56 bits per heavy atom. The molecule has 3 unspecified atom stereocenters. The van der Waals surface area contributed by atoms with Crippen LogP contribution in [0.1, 0.15) is 48.6 Å². The molecular weight excluding hydrogens is 419 g/mol. The van der Waals surface area contributed by atoms with Crippen LogP contribution in [-0.4, -0.2) is 52.5 Å². The van der Waals surface area contributed by atoms with E-state index < -0.39 is 17.8 Å². The number of alkyl halides is 3. The van der Waals surface area contributed by atoms with Crippen LogP contribution >= 0.6 is 0 Å². The van der Waals surface area contributed by atoms with Gasteiger partial charge in [-0.2, -0.15) is 13.2 Å². The lowest BCUT2D eigenvalue weighted by atomic mass is 10.0. The van der Waals surface area contributed by atoms with Crippen molar-refractivity contribution in [3.63, 3.8) is 0 Å². The van der Waals surface area contributed by atoms with E-state index in [1.165, 1.54) is 17.7 Å². The molecule has 172 valence electrons. The Bertz CT molecular complexity index is 979. The standard InChI is InChI=1S/C23H28F3N5O/c1-14-3-8-19-20(14)21(29-13-28-19)31-10-9-30(12-15(31)2)22(32)18(27)11-16-4-6-17(7-5-16)23(24,25)26/h4-7,13-15,18H,3,8-12,27H2,1-2H3. The molecule has 9 heteroatoms. The van der Waals surface area contributed by atoms with Crippen molar-refractivity contribution in [2.45, 2.75) is 57.3 Å². The molecule has 1 aliphatic heterocycles. The number of aromatic nitrogens is 2. The lowest BCUT2D eigenvalue weighted by Crippen LogP contribution is -2.57. The van der Waals surface area contributed by atoms with Crippen LogP contribution in [0, 0.1) is 0 Å². The van der Waals surface area contributed by atoms with Crippen molar-refractivity contribution in [3.05, 3.63) is 53.0 Å². The number of nitrogens with two attached hydrogens (primary N) is 1. The van der Waals surface area contributed by atoms with Crippen LogP contribution in [0.2, 0.25) is 0 Å². The number of rotatable bonds is 4. The summed E-state index contributed by atoms with van der Waals surface area (Å²) in [6.07, 6.45) is -0.517. The van der Waals surface area contributed by atoms with Gasteiger partial charge in [-0.05, 0) is 49.8 Å². The molecule has 2 heterocycles. The minimum absolute atomic E-state index is 0.0674. The van der Waals surface area contributed by atoms with Crippen molar-refractivity contribution in [2.75, 3.05) is 24.5 Å². The number of benzene rings is 1. The van der Waals surface area contributed by atoms with Crippen molar-refractivity contribution in [1.82, 2.24) is 14.9 Å². The number of aryl methyl sites for hydroxylation is 1. The summed E-state index contributed by atoms with van der Waals surface area (Å²) in [5, 5.41) is 0. The molecule has 1 aromatic heterocycles. The van der Waals surface area contributed by atoms with Gasteiger partial charge in [-0.25, -0.2) is 9.97 Å². The zero-order valence-corrected chi connectivity index (χ0v) is 18.3. The van der Waals surface area contributed by atoms with E-state index in [1.807, 2.05) is 0 Å². The quantitative estimate of drug-likeness (QED) is 0.779. The van der Waals surface area contributed by atoms with Crippen LogP contribution in [0.15, 0.2) is 30.6 Å². The molecule has 1 fully saturated rings. The Morgan fingerprint density at radius 2 is 1.91 bits per heavy atom. The van der Waals surface area contributed by atoms with E-state index in [9.17, 15) is 18.0 Å². The van der Waals surface area contributed by atoms with E-state index in [0.717, 1.165) is 36.5 Å². The molecule has 2 N–H and O–H groups in total. The highest BCUT2D eigenvalue weighted by molar-refractivity contribution is 5.82. The molecule has 2 aromatic rings. The first-order valence-corrected chi connectivity index (χ1v) is 11.0. The second-order valence-corrected chi connectivity index (χ2v) is 8.83. The van der Waals surface area contributed by atoms with Crippen LogP contribution in [-0.2, 0) is 23.8 Å². The first-order valence-electron chi connectivity index (χ1n) is 11.0. The molecule has 3 atom stereocenters. The maximum atomic E-state index is 12.9. The molecular formula is C23H28F3N5O. The highest BCUT2D eigenvalue weighted by atomic mass is 19.4. The lowest BCUT2D eigenvalue weighted by molar-refractivity contribution is -0.137. The maximum absolute atomic E-state index is 12.9. The van der Waals surface area contributed by atoms with Gasteiger partial charge in [0.25, 0.3) is 0 Å². The van der Waals surface area contributed by atoms with Gasteiger partial charge in [0.05, 0.1) is 11.6 Å². The van der Waals surface area contributed by atoms with Crippen LogP contribution in [0.4, 0.5) is 19.0 Å². The molecule has 1 saturated heterocycles. The molecule has 2 aliphatic rings. The first kappa shape index (κ1) is 22.5. The Balaban J connectivity index is 1.39. The number of fused-ring (bicyclic) bond motifs is 1. The zero-order valence-electron chi connectivity index (χ0n) is 18.3. The Hall–Kier alpha value is -2.68. The second-order valence-electron chi connectivity index (χ2n) is 8.83. The lowest BCUT2D eigenvalue weighted by Gasteiger charge is -2.42. The summed E-state index contributed by atoms with van der Waals surface area (Å²) in [4.78, 5) is 25.9. The topological polar surface area (TPSA) is 75.4 Å². The number of hydrogen-bond acceptors (Lipinski definition) is 5. The molecule has 1 aromatic carbocycles. The molecule has 4 rings (SSSR count). The zero-order chi connectivity index (χ0) is 23.0. The fourth-order valence-electron chi connectivity index (χ4n) is 4.73. The molecule has 1 amide bonds. The minimum atomic E-state index is -4.38. The van der Waals surface area contributed by atoms with E-state index in [-0.39, 0.29) is 18.4 Å². The first-order chi connectivity index (χ1) is 15.1. The van der Waals surface area contributed by atoms with E-state index in [2.05, 4.69) is 28.7 Å². The summed E-state index contributed by atoms with van der Waals surface area (Å²) in [5.41, 5.74) is 8.37. The monoisotopic (exact) mass is 447 g/mol. The summed E-state index contributed by atoms with van der Waals surface area (Å²) in [5.74, 6) is 1.21. The molecule has 0 radical (unpaired) electrons. The van der Waals surface area contributed by atoms with E-state index in [1.54, 1.807) is 11.2 Å². The second kappa shape index (κ2) is 8.69. The van der Waals surface area contributed by atoms with E-state index in [4.69, 9.17) is 5.73 Å². The number of nitrogens with zero attached hydrogens (tertiary/aromatic N) is 4. The number of carbonyl (C=O) groups is 1. The van der Waals surface area contributed by atoms with Crippen molar-refractivity contribution in [3.8, 4) is 0 Å². The average molecular weight is 448 g/mol. The SMILES string of the molecule is CC1CCc2ncnc(N3CCN(C(=O)C(N)Cc4ccc(C(F)(F)F)cc4)CC3C)c21. The largest absolute Gasteiger partial charge is 0.416 e. The maximum Gasteiger partial charge on any atom is 0.416 e. The van der Waals surface area contributed by atoms with Gasteiger partial charge in [-0.3, -0.25) is 4.79 Å². The number of anilines is 1. The fraction of sp³-hybridized carbons (Fsp3) is 0.522. The van der Waals surface area contributed by atoms with E-state index in [0.29, 0.717) is 31.1 Å². The predicted molar refractivity (Wildman–Crippen MR) is 115 cm³/mol. The molecule has 32 heavy (non-hydrogen) atoms. The van der Waals surface area contributed by atoms with Gasteiger partial charge in [0.15, 0.2) is 0 Å². The molecule has 0 spiro atoms. The third-order valence-corrected chi connectivity index (χ3v) is 6.52. The third-order valence-electron chi connectivity index (χ3n) is 6.52. The number of piperazine rings is 1. The highest BCUT2D eigenvalue weighted by Crippen LogP contribution is 2.38. The average Bonchev–Trinajstić information content (AvgIpc) is 3.14. The summed E-state index contributed by atoms with van der Waals surface area (Å²) < 4.78 is 38.2. The fourth-order valence-corrected chi connectivity index (χ4v) is 4.73. The van der Waals surface area contributed by atoms with Gasteiger partial charge in [0, 0.05) is 36.9 Å². The minimum Gasteiger partial charge on any atom is -0.350 e. The van der Waals surface area contributed by atoms with Crippen molar-refractivity contribution < 1.29 is 18.0 Å². The summed E-state index contributed by atoms with van der Waals surface area (Å²) in [6.45, 7) is 5.96. The molecule has 0 bridgehead atoms. The van der Waals surface area contributed by atoms with Crippen molar-refractivity contribution in [2.24, 2.45) is 5.73 Å². The predicted octanol–water partition coefficient (Wildman–Crippen LogP) is 3.15. The van der Waals surface area contributed by atoms with Gasteiger partial charge < -0.3 is 15.5 Å². The summed E-state index contributed by atoms with van der Waals surface area (Å²) in [6, 6.07) is 4.08. The van der Waals surface area contributed by atoms with Crippen molar-refractivity contribution in [1.29, 1.82) is 0 Å². The third kappa shape index (κ3) is 4.44. The highest BCUT2D eigenvalue weighted by Gasteiger charge is 2.34. The number of hydrogen-bond donors (Lipinski definition) is 1. The van der Waals surface area contributed by atoms with Gasteiger partial charge in [0.2, 0.25) is 5.91 Å². The van der Waals surface area contributed by atoms with Gasteiger partial charge >= 0.3 is 6.18 Å². The van der Waals surface area contributed by atoms with Crippen molar-refractivity contribution >= 4 is 11.7 Å². The van der Waals surface area contributed by atoms with Gasteiger partial charge in [-0.15, -0.1) is 0 Å². The van der Waals surface area contributed by atoms with Crippen LogP contribution in [0.25, 0.3) is 0 Å². The van der Waals surface area contributed by atoms with Gasteiger partial charge in [0.1, 0.15) is 12.1 Å². The number of halogens is 3. The smallest absolute Gasteiger partial charge is 0.350 e. The normalized spacial score (nSPS) is 22.1. The summed E-state index contributed by atoms with van der Waals surface area (Å²) in [7, 11) is 0. The summed E-state index contributed by atoms with van der Waals surface area (Å²) >= 11 is 0. The molecule has 0 saturated carbocycles. The Morgan fingerprint density at radius 1 is 1.19 bits per heavy atom. The Kier molecular flexibility index (Phi) is 6.11. The number of amides is 1. The molecule has 1 aliphatic carbocycles. The van der Waals surface area contributed by atoms with Gasteiger partial charge in [-0.1, -0.05) is 19.1 Å². The van der Waals surface area contributed by atoms with E-state index >= 15 is 0 Å². The number of carbonyl (C=O) groups excluding carboxylic acids is 1. The van der Waals surface area contributed by atoms with Crippen LogP contribution in [0.3, 0.4) is 0 Å².